The molecule has 1 aromatic carbocycles. The molecule has 1 aliphatic rings. The minimum atomic E-state index is -1.50. The monoisotopic (exact) mass is 457 g/mol. The predicted octanol–water partition coefficient (Wildman–Crippen LogP) is 3.49. The zero-order valence-electron chi connectivity index (χ0n) is 17.7. The Hall–Kier alpha value is -2.85. The van der Waals surface area contributed by atoms with E-state index in [0.717, 1.165) is 40.7 Å². The predicted molar refractivity (Wildman–Crippen MR) is 119 cm³/mol. The molecule has 1 fully saturated rings. The minimum Gasteiger partial charge on any atom is -0.491 e. The Kier molecular flexibility index (Phi) is 6.52. The van der Waals surface area contributed by atoms with Crippen LogP contribution < -0.4 is 4.74 Å². The van der Waals surface area contributed by atoms with Crippen LogP contribution in [0.25, 0.3) is 22.1 Å². The van der Waals surface area contributed by atoms with Gasteiger partial charge in [-0.1, -0.05) is 11.6 Å². The largest absolute Gasteiger partial charge is 0.491 e. The smallest absolute Gasteiger partial charge is 0.156 e. The molecule has 0 saturated carbocycles. The third-order valence-corrected chi connectivity index (χ3v) is 5.03. The molecule has 0 spiro atoms. The van der Waals surface area contributed by atoms with Gasteiger partial charge in [-0.05, 0) is 44.9 Å². The lowest BCUT2D eigenvalue weighted by Gasteiger charge is -2.16. The van der Waals surface area contributed by atoms with Crippen molar-refractivity contribution in [3.63, 3.8) is 0 Å². The van der Waals surface area contributed by atoms with Crippen molar-refractivity contribution in [2.24, 2.45) is 0 Å². The molecule has 0 bridgehead atoms. The summed E-state index contributed by atoms with van der Waals surface area (Å²) in [4.78, 5) is 16.9. The highest BCUT2D eigenvalue weighted by Crippen LogP contribution is 2.32. The van der Waals surface area contributed by atoms with Gasteiger partial charge in [0, 0.05) is 24.7 Å². The normalized spacial score (nSPS) is 18.5. The summed E-state index contributed by atoms with van der Waals surface area (Å²) in [5, 5.41) is 17.4. The standard InChI is InChI=1S/C19H16ClN5O2.C3H8O2/c20-18-14-5-8-25(19(14)24-11-23-18)17-4-2-13(27-17)10-26-12-1-3-15-16(9-12)22-7-6-21-15;1-3(2,4)5/h1,3,5-9,11,13,17H,2,4,10H2;4-5H,1-2H3/t13-,17+;/m0./s1. The molecule has 0 radical (unpaired) electrons. The second-order valence-electron chi connectivity index (χ2n) is 7.93. The van der Waals surface area contributed by atoms with Gasteiger partial charge in [0.15, 0.2) is 5.79 Å². The number of nitrogens with zero attached hydrogens (tertiary/aromatic N) is 5. The summed E-state index contributed by atoms with van der Waals surface area (Å²) in [5.41, 5.74) is 2.45. The first-order valence-corrected chi connectivity index (χ1v) is 10.6. The van der Waals surface area contributed by atoms with Crippen LogP contribution in [0.5, 0.6) is 5.75 Å². The molecule has 4 aromatic rings. The van der Waals surface area contributed by atoms with Gasteiger partial charge in [-0.15, -0.1) is 0 Å². The lowest BCUT2D eigenvalue weighted by atomic mass is 10.2. The molecule has 168 valence electrons. The quantitative estimate of drug-likeness (QED) is 0.353. The van der Waals surface area contributed by atoms with Crippen LogP contribution in [0.4, 0.5) is 0 Å². The van der Waals surface area contributed by atoms with Crippen molar-refractivity contribution in [3.8, 4) is 5.75 Å². The van der Waals surface area contributed by atoms with Crippen molar-refractivity contribution in [1.82, 2.24) is 24.5 Å². The van der Waals surface area contributed by atoms with Crippen molar-refractivity contribution in [2.45, 2.75) is 44.8 Å². The third-order valence-electron chi connectivity index (χ3n) is 4.73. The van der Waals surface area contributed by atoms with Crippen LogP contribution in [-0.2, 0) is 4.74 Å². The number of halogens is 1. The molecule has 4 heterocycles. The van der Waals surface area contributed by atoms with Gasteiger partial charge in [-0.2, -0.15) is 0 Å². The van der Waals surface area contributed by atoms with E-state index in [1.54, 1.807) is 12.4 Å². The van der Waals surface area contributed by atoms with Gasteiger partial charge in [-0.3, -0.25) is 9.97 Å². The average molecular weight is 458 g/mol. The third kappa shape index (κ3) is 5.49. The highest BCUT2D eigenvalue weighted by Gasteiger charge is 2.28. The van der Waals surface area contributed by atoms with Gasteiger partial charge < -0.3 is 24.3 Å². The molecule has 5 rings (SSSR count). The van der Waals surface area contributed by atoms with Crippen LogP contribution >= 0.6 is 11.6 Å². The molecule has 3 aromatic heterocycles. The van der Waals surface area contributed by atoms with E-state index < -0.39 is 5.79 Å². The zero-order valence-corrected chi connectivity index (χ0v) is 18.5. The maximum absolute atomic E-state index is 8.08. The summed E-state index contributed by atoms with van der Waals surface area (Å²) in [5.74, 6) is -0.735. The molecule has 2 atom stereocenters. The number of fused-ring (bicyclic) bond motifs is 2. The van der Waals surface area contributed by atoms with Crippen LogP contribution in [-0.4, -0.2) is 53.2 Å². The van der Waals surface area contributed by atoms with Crippen LogP contribution in [0.2, 0.25) is 5.15 Å². The maximum atomic E-state index is 8.08. The number of hydrogen-bond acceptors (Lipinski definition) is 8. The van der Waals surface area contributed by atoms with Crippen LogP contribution in [0.3, 0.4) is 0 Å². The summed E-state index contributed by atoms with van der Waals surface area (Å²) in [6.07, 6.45) is 8.51. The van der Waals surface area contributed by atoms with Crippen LogP contribution in [0.1, 0.15) is 32.9 Å². The topological polar surface area (TPSA) is 115 Å². The summed E-state index contributed by atoms with van der Waals surface area (Å²) in [7, 11) is 0. The lowest BCUT2D eigenvalue weighted by Crippen LogP contribution is -2.18. The molecule has 9 nitrogen and oxygen atoms in total. The number of hydrogen-bond donors (Lipinski definition) is 2. The van der Waals surface area contributed by atoms with E-state index in [9.17, 15) is 0 Å². The number of benzene rings is 1. The fraction of sp³-hybridized carbons (Fsp3) is 0.364. The molecule has 32 heavy (non-hydrogen) atoms. The van der Waals surface area contributed by atoms with Crippen molar-refractivity contribution >= 4 is 33.7 Å². The molecule has 10 heteroatoms. The molecule has 0 aliphatic carbocycles. The lowest BCUT2D eigenvalue weighted by molar-refractivity contribution is -0.127. The van der Waals surface area contributed by atoms with Gasteiger partial charge in [0.05, 0.1) is 22.5 Å². The van der Waals surface area contributed by atoms with Gasteiger partial charge in [0.2, 0.25) is 0 Å². The van der Waals surface area contributed by atoms with Crippen molar-refractivity contribution in [3.05, 3.63) is 54.3 Å². The molecule has 1 aliphatic heterocycles. The first-order valence-electron chi connectivity index (χ1n) is 10.2. The number of rotatable bonds is 4. The van der Waals surface area contributed by atoms with Crippen LogP contribution in [0, 0.1) is 0 Å². The Morgan fingerprint density at radius 1 is 1.09 bits per heavy atom. The van der Waals surface area contributed by atoms with Gasteiger partial charge >= 0.3 is 0 Å². The van der Waals surface area contributed by atoms with E-state index in [0.29, 0.717) is 11.8 Å². The van der Waals surface area contributed by atoms with E-state index in [1.807, 2.05) is 35.0 Å². The SMILES string of the molecule is CC(C)(O)O.Clc1ncnc2c1ccn2[C@H]1CC[C@@H](COc2ccc3nccnc3c2)O1. The van der Waals surface area contributed by atoms with E-state index >= 15 is 0 Å². The second-order valence-corrected chi connectivity index (χ2v) is 8.29. The first kappa shape index (κ1) is 22.3. The summed E-state index contributed by atoms with van der Waals surface area (Å²) < 4.78 is 14.1. The van der Waals surface area contributed by atoms with Crippen molar-refractivity contribution < 1.29 is 19.7 Å². The van der Waals surface area contributed by atoms with Gasteiger partial charge in [-0.25, -0.2) is 9.97 Å². The summed E-state index contributed by atoms with van der Waals surface area (Å²) >= 11 is 6.13. The highest BCUT2D eigenvalue weighted by molar-refractivity contribution is 6.33. The number of aromatic nitrogens is 5. The highest BCUT2D eigenvalue weighted by atomic mass is 35.5. The second kappa shape index (κ2) is 9.33. The Balaban J connectivity index is 0.000000444. The molecule has 2 N–H and O–H groups in total. The molecular formula is C22H24ClN5O4. The average Bonchev–Trinajstić information content (AvgIpc) is 3.38. The fourth-order valence-corrected chi connectivity index (χ4v) is 3.60. The Morgan fingerprint density at radius 2 is 1.84 bits per heavy atom. The minimum absolute atomic E-state index is 0.0160. The number of aliphatic hydroxyl groups is 2. The Labute approximate surface area is 189 Å². The van der Waals surface area contributed by atoms with Gasteiger partial charge in [0.25, 0.3) is 0 Å². The Bertz CT molecular complexity index is 1200. The first-order chi connectivity index (χ1) is 15.3. The van der Waals surface area contributed by atoms with Gasteiger partial charge in [0.1, 0.15) is 35.7 Å². The summed E-state index contributed by atoms with van der Waals surface area (Å²) in [6.45, 7) is 3.08. The van der Waals surface area contributed by atoms with E-state index in [-0.39, 0.29) is 12.3 Å². The zero-order chi connectivity index (χ0) is 22.7. The number of ether oxygens (including phenoxy) is 2. The molecule has 0 unspecified atom stereocenters. The maximum Gasteiger partial charge on any atom is 0.156 e. The molecular weight excluding hydrogens is 434 g/mol. The molecule has 1 saturated heterocycles. The fourth-order valence-electron chi connectivity index (χ4n) is 3.41. The van der Waals surface area contributed by atoms with Crippen molar-refractivity contribution in [1.29, 1.82) is 0 Å². The van der Waals surface area contributed by atoms with Crippen molar-refractivity contribution in [2.75, 3.05) is 6.61 Å². The van der Waals surface area contributed by atoms with E-state index in [4.69, 9.17) is 31.3 Å². The Morgan fingerprint density at radius 3 is 2.62 bits per heavy atom. The van der Waals surface area contributed by atoms with Crippen LogP contribution in [0.15, 0.2) is 49.2 Å². The summed E-state index contributed by atoms with van der Waals surface area (Å²) in [6, 6.07) is 7.63. The molecule has 0 amide bonds. The van der Waals surface area contributed by atoms with E-state index in [1.165, 1.54) is 20.2 Å². The van der Waals surface area contributed by atoms with E-state index in [2.05, 4.69) is 19.9 Å².